The molecule has 0 spiro atoms. The molecule has 2 nitrogen and oxygen atoms in total. The first-order valence-corrected chi connectivity index (χ1v) is 8.39. The Morgan fingerprint density at radius 1 is 1.21 bits per heavy atom. The van der Waals surface area contributed by atoms with Crippen LogP contribution in [-0.2, 0) is 5.41 Å². The monoisotopic (exact) mass is 352 g/mol. The fraction of sp³-hybridized carbons (Fsp3) is 0.389. The lowest BCUT2D eigenvalue weighted by atomic mass is 9.68. The molecule has 0 saturated heterocycles. The number of nitrogens with zero attached hydrogens (tertiary/aromatic N) is 1. The van der Waals surface area contributed by atoms with Gasteiger partial charge in [0.15, 0.2) is 0 Å². The van der Waals surface area contributed by atoms with Crippen LogP contribution in [0.3, 0.4) is 0 Å². The quantitative estimate of drug-likeness (QED) is 0.751. The lowest BCUT2D eigenvalue weighted by Crippen LogP contribution is -2.46. The maximum absolute atomic E-state index is 14.5. The van der Waals surface area contributed by atoms with Gasteiger partial charge >= 0.3 is 6.18 Å². The molecule has 1 unspecified atom stereocenters. The molecule has 2 aromatic rings. The number of hydrogen-bond acceptors (Lipinski definition) is 2. The van der Waals surface area contributed by atoms with Crippen molar-refractivity contribution in [2.24, 2.45) is 5.92 Å². The van der Waals surface area contributed by atoms with Gasteiger partial charge in [0, 0.05) is 22.5 Å². The molecule has 1 aromatic heterocycles. The molecule has 1 saturated carbocycles. The zero-order valence-electron chi connectivity index (χ0n) is 12.8. The standard InChI is InChI=1S/C18H16ClF3N2/c19-12-5-6-15-14(10-12)17(18(20,21)22,8-7-11-3-4-11)13-2-1-9-23-16(13)24-15/h1-2,5-6,9-11H,3-4,7-8H2,(H,23,24). The lowest BCUT2D eigenvalue weighted by molar-refractivity contribution is -0.180. The van der Waals surface area contributed by atoms with Crippen LogP contribution in [0.5, 0.6) is 0 Å². The van der Waals surface area contributed by atoms with Gasteiger partial charge in [0.2, 0.25) is 0 Å². The van der Waals surface area contributed by atoms with Gasteiger partial charge in [-0.1, -0.05) is 30.5 Å². The Morgan fingerprint density at radius 2 is 2.00 bits per heavy atom. The number of fused-ring (bicyclic) bond motifs is 2. The maximum Gasteiger partial charge on any atom is 0.402 e. The molecular formula is C18H16ClF3N2. The molecule has 2 heterocycles. The maximum atomic E-state index is 14.5. The highest BCUT2D eigenvalue weighted by atomic mass is 35.5. The van der Waals surface area contributed by atoms with Gasteiger partial charge in [-0.25, -0.2) is 4.98 Å². The number of pyridine rings is 1. The summed E-state index contributed by atoms with van der Waals surface area (Å²) in [5.74, 6) is 0.683. The van der Waals surface area contributed by atoms with Gasteiger partial charge in [-0.3, -0.25) is 0 Å². The van der Waals surface area contributed by atoms with E-state index in [0.29, 0.717) is 23.0 Å². The second-order valence-corrected chi connectivity index (χ2v) is 7.04. The van der Waals surface area contributed by atoms with Crippen molar-refractivity contribution in [3.8, 4) is 0 Å². The summed E-state index contributed by atoms with van der Waals surface area (Å²) in [6.07, 6.45) is -0.298. The molecule has 0 radical (unpaired) electrons. The fourth-order valence-corrected chi connectivity index (χ4v) is 3.82. The average Bonchev–Trinajstić information content (AvgIpc) is 3.35. The normalized spacial score (nSPS) is 22.5. The summed E-state index contributed by atoms with van der Waals surface area (Å²) in [5, 5.41) is 3.34. The van der Waals surface area contributed by atoms with E-state index in [1.807, 2.05) is 0 Å². The molecule has 0 amide bonds. The summed E-state index contributed by atoms with van der Waals surface area (Å²) >= 11 is 6.05. The van der Waals surface area contributed by atoms with Crippen LogP contribution in [0.25, 0.3) is 0 Å². The first-order valence-electron chi connectivity index (χ1n) is 8.01. The Bertz CT molecular complexity index is 786. The van der Waals surface area contributed by atoms with Crippen LogP contribution in [0.15, 0.2) is 36.5 Å². The zero-order chi connectivity index (χ0) is 16.9. The summed E-state index contributed by atoms with van der Waals surface area (Å²) < 4.78 is 43.4. The third kappa shape index (κ3) is 2.37. The molecule has 1 fully saturated rings. The number of benzene rings is 1. The van der Waals surface area contributed by atoms with E-state index < -0.39 is 11.6 Å². The van der Waals surface area contributed by atoms with Crippen molar-refractivity contribution in [2.45, 2.75) is 37.3 Å². The van der Waals surface area contributed by atoms with Gasteiger partial charge in [0.25, 0.3) is 0 Å². The highest BCUT2D eigenvalue weighted by molar-refractivity contribution is 6.30. The zero-order valence-corrected chi connectivity index (χ0v) is 13.6. The van der Waals surface area contributed by atoms with E-state index in [2.05, 4.69) is 10.3 Å². The van der Waals surface area contributed by atoms with Crippen molar-refractivity contribution in [3.63, 3.8) is 0 Å². The highest BCUT2D eigenvalue weighted by Crippen LogP contribution is 2.57. The molecule has 1 N–H and O–H groups in total. The molecule has 1 aliphatic carbocycles. The van der Waals surface area contributed by atoms with Crippen molar-refractivity contribution in [3.05, 3.63) is 52.7 Å². The van der Waals surface area contributed by atoms with Crippen molar-refractivity contribution < 1.29 is 13.2 Å². The average molecular weight is 353 g/mol. The Kier molecular flexibility index (Phi) is 3.53. The summed E-state index contributed by atoms with van der Waals surface area (Å²) in [6.45, 7) is 0. The third-order valence-corrected chi connectivity index (χ3v) is 5.31. The third-order valence-electron chi connectivity index (χ3n) is 5.07. The summed E-state index contributed by atoms with van der Waals surface area (Å²) in [7, 11) is 0. The van der Waals surface area contributed by atoms with Crippen molar-refractivity contribution >= 4 is 23.1 Å². The SMILES string of the molecule is FC(F)(F)C1(CCC2CC2)c2cc(Cl)ccc2Nc2ncccc21. The minimum Gasteiger partial charge on any atom is -0.340 e. The minimum absolute atomic E-state index is 0.0227. The number of alkyl halides is 3. The van der Waals surface area contributed by atoms with Gasteiger partial charge in [-0.15, -0.1) is 0 Å². The van der Waals surface area contributed by atoms with Gasteiger partial charge in [-0.2, -0.15) is 13.2 Å². The largest absolute Gasteiger partial charge is 0.402 e. The van der Waals surface area contributed by atoms with Crippen LogP contribution in [0.2, 0.25) is 5.02 Å². The van der Waals surface area contributed by atoms with E-state index in [4.69, 9.17) is 11.6 Å². The number of hydrogen-bond donors (Lipinski definition) is 1. The van der Waals surface area contributed by atoms with Crippen LogP contribution >= 0.6 is 11.6 Å². The van der Waals surface area contributed by atoms with Gasteiger partial charge in [0.1, 0.15) is 11.2 Å². The molecule has 6 heteroatoms. The van der Waals surface area contributed by atoms with Crippen molar-refractivity contribution in [2.75, 3.05) is 5.32 Å². The van der Waals surface area contributed by atoms with E-state index in [1.165, 1.54) is 18.3 Å². The second-order valence-electron chi connectivity index (χ2n) is 6.60. The van der Waals surface area contributed by atoms with E-state index in [0.717, 1.165) is 12.8 Å². The molecule has 1 atom stereocenters. The fourth-order valence-electron chi connectivity index (χ4n) is 3.64. The van der Waals surface area contributed by atoms with E-state index in [-0.39, 0.29) is 23.4 Å². The number of halogens is 4. The Balaban J connectivity index is 1.96. The number of rotatable bonds is 3. The molecular weight excluding hydrogens is 337 g/mol. The highest BCUT2D eigenvalue weighted by Gasteiger charge is 2.60. The molecule has 2 aliphatic rings. The van der Waals surface area contributed by atoms with Crippen LogP contribution in [0.4, 0.5) is 24.7 Å². The first kappa shape index (κ1) is 15.8. The van der Waals surface area contributed by atoms with Crippen LogP contribution in [0, 0.1) is 5.92 Å². The lowest BCUT2D eigenvalue weighted by Gasteiger charge is -2.42. The minimum atomic E-state index is -4.43. The predicted molar refractivity (Wildman–Crippen MR) is 87.8 cm³/mol. The van der Waals surface area contributed by atoms with Gasteiger partial charge < -0.3 is 5.32 Å². The topological polar surface area (TPSA) is 24.9 Å². The number of aromatic nitrogens is 1. The predicted octanol–water partition coefficient (Wildman–Crippen LogP) is 5.83. The van der Waals surface area contributed by atoms with Crippen molar-refractivity contribution in [1.29, 1.82) is 0 Å². The van der Waals surface area contributed by atoms with Crippen molar-refractivity contribution in [1.82, 2.24) is 4.98 Å². The van der Waals surface area contributed by atoms with E-state index >= 15 is 0 Å². The summed E-state index contributed by atoms with van der Waals surface area (Å²) in [5.41, 5.74) is -1.25. The molecule has 4 rings (SSSR count). The molecule has 24 heavy (non-hydrogen) atoms. The molecule has 1 aromatic carbocycles. The molecule has 1 aliphatic heterocycles. The Labute approximate surface area is 143 Å². The Hall–Kier alpha value is -1.75. The van der Waals surface area contributed by atoms with Gasteiger partial charge in [0.05, 0.1) is 0 Å². The number of nitrogens with one attached hydrogen (secondary N) is 1. The van der Waals surface area contributed by atoms with E-state index in [9.17, 15) is 13.2 Å². The first-order chi connectivity index (χ1) is 11.4. The van der Waals surface area contributed by atoms with Crippen LogP contribution in [0.1, 0.15) is 36.8 Å². The molecule has 0 bridgehead atoms. The van der Waals surface area contributed by atoms with Crippen LogP contribution in [-0.4, -0.2) is 11.2 Å². The summed E-state index contributed by atoms with van der Waals surface area (Å²) in [6, 6.07) is 7.74. The van der Waals surface area contributed by atoms with Crippen LogP contribution < -0.4 is 5.32 Å². The Morgan fingerprint density at radius 3 is 2.71 bits per heavy atom. The smallest absolute Gasteiger partial charge is 0.340 e. The summed E-state index contributed by atoms with van der Waals surface area (Å²) in [4.78, 5) is 4.15. The number of anilines is 2. The van der Waals surface area contributed by atoms with E-state index in [1.54, 1.807) is 18.2 Å². The molecule has 126 valence electrons. The second kappa shape index (κ2) is 5.38. The van der Waals surface area contributed by atoms with Gasteiger partial charge in [-0.05, 0) is 48.6 Å².